The van der Waals surface area contributed by atoms with Crippen LogP contribution >= 0.6 is 15.9 Å². The second kappa shape index (κ2) is 6.39. The molecule has 1 aromatic carbocycles. The van der Waals surface area contributed by atoms with Crippen LogP contribution in [0.1, 0.15) is 12.8 Å². The summed E-state index contributed by atoms with van der Waals surface area (Å²) in [7, 11) is -3.61. The molecule has 0 saturated carbocycles. The largest absolute Gasteiger partial charge is 0.376 e. The van der Waals surface area contributed by atoms with Crippen molar-refractivity contribution in [1.29, 1.82) is 0 Å². The van der Waals surface area contributed by atoms with Crippen LogP contribution in [0.25, 0.3) is 0 Å². The molecule has 118 valence electrons. The fourth-order valence-corrected chi connectivity index (χ4v) is 3.99. The summed E-state index contributed by atoms with van der Waals surface area (Å²) in [5.74, 6) is 0. The average Bonchev–Trinajstić information content (AvgIpc) is 3.11. The van der Waals surface area contributed by atoms with Crippen LogP contribution < -0.4 is 4.72 Å². The highest BCUT2D eigenvalue weighted by atomic mass is 79.9. The molecule has 1 N–H and O–H groups in total. The molecule has 0 aliphatic carbocycles. The molecule has 22 heavy (non-hydrogen) atoms. The Morgan fingerprint density at radius 2 is 2.32 bits per heavy atom. The van der Waals surface area contributed by atoms with Gasteiger partial charge in [-0.25, -0.2) is 8.42 Å². The van der Waals surface area contributed by atoms with E-state index in [4.69, 9.17) is 4.74 Å². The Morgan fingerprint density at radius 1 is 1.45 bits per heavy atom. The fourth-order valence-electron chi connectivity index (χ4n) is 2.36. The van der Waals surface area contributed by atoms with E-state index in [-0.39, 0.29) is 11.0 Å². The Bertz CT molecular complexity index is 754. The second-order valence-corrected chi connectivity index (χ2v) is 7.75. The van der Waals surface area contributed by atoms with Crippen molar-refractivity contribution < 1.29 is 13.2 Å². The molecule has 0 radical (unpaired) electrons. The highest BCUT2D eigenvalue weighted by molar-refractivity contribution is 9.10. The maximum absolute atomic E-state index is 12.3. The number of hydrogen-bond donors (Lipinski definition) is 1. The molecule has 1 fully saturated rings. The minimum Gasteiger partial charge on any atom is -0.376 e. The van der Waals surface area contributed by atoms with Crippen LogP contribution in [-0.2, 0) is 21.3 Å². The number of rotatable bonds is 5. The first-order valence-electron chi connectivity index (χ1n) is 6.95. The molecule has 0 amide bonds. The SMILES string of the molecule is O=S(=O)(Nc1cnn(CC2CCCO2)c1)c1cccc(Br)c1. The second-order valence-electron chi connectivity index (χ2n) is 5.15. The van der Waals surface area contributed by atoms with Crippen LogP contribution in [0.5, 0.6) is 0 Å². The summed E-state index contributed by atoms with van der Waals surface area (Å²) in [6.45, 7) is 1.42. The standard InChI is InChI=1S/C14H16BrN3O3S/c15-11-3-1-5-14(7-11)22(19,20)17-12-8-16-18(9-12)10-13-4-2-6-21-13/h1,3,5,7-9,13,17H,2,4,6,10H2. The van der Waals surface area contributed by atoms with Crippen LogP contribution in [0.15, 0.2) is 46.0 Å². The molecule has 8 heteroatoms. The van der Waals surface area contributed by atoms with Gasteiger partial charge in [-0.05, 0) is 31.0 Å². The molecule has 2 heterocycles. The number of nitrogens with zero attached hydrogens (tertiary/aromatic N) is 2. The Labute approximate surface area is 137 Å². The molecule has 1 unspecified atom stereocenters. The summed E-state index contributed by atoms with van der Waals surface area (Å²) >= 11 is 3.27. The predicted octanol–water partition coefficient (Wildman–Crippen LogP) is 2.63. The van der Waals surface area contributed by atoms with Crippen LogP contribution in [0.3, 0.4) is 0 Å². The lowest BCUT2D eigenvalue weighted by Crippen LogP contribution is -2.15. The lowest BCUT2D eigenvalue weighted by Gasteiger charge is -2.08. The van der Waals surface area contributed by atoms with E-state index in [1.54, 1.807) is 35.1 Å². The molecule has 3 rings (SSSR count). The Balaban J connectivity index is 1.71. The lowest BCUT2D eigenvalue weighted by molar-refractivity contribution is 0.0940. The van der Waals surface area contributed by atoms with Gasteiger partial charge in [0.15, 0.2) is 0 Å². The normalized spacial score (nSPS) is 18.5. The van der Waals surface area contributed by atoms with Gasteiger partial charge in [-0.2, -0.15) is 5.10 Å². The van der Waals surface area contributed by atoms with E-state index in [1.807, 2.05) is 0 Å². The Kier molecular flexibility index (Phi) is 4.51. The first kappa shape index (κ1) is 15.5. The van der Waals surface area contributed by atoms with Gasteiger partial charge in [0.05, 0.1) is 29.4 Å². The number of sulfonamides is 1. The van der Waals surface area contributed by atoms with Gasteiger partial charge in [0, 0.05) is 17.3 Å². The van der Waals surface area contributed by atoms with Gasteiger partial charge in [0.25, 0.3) is 10.0 Å². The molecule has 2 aromatic rings. The van der Waals surface area contributed by atoms with Crippen molar-refractivity contribution in [3.8, 4) is 0 Å². The molecule has 1 saturated heterocycles. The quantitative estimate of drug-likeness (QED) is 0.858. The molecule has 1 aliphatic heterocycles. The highest BCUT2D eigenvalue weighted by Crippen LogP contribution is 2.20. The van der Waals surface area contributed by atoms with Crippen molar-refractivity contribution in [3.63, 3.8) is 0 Å². The van der Waals surface area contributed by atoms with Crippen molar-refractivity contribution in [3.05, 3.63) is 41.1 Å². The van der Waals surface area contributed by atoms with Gasteiger partial charge in [-0.15, -0.1) is 0 Å². The Hall–Kier alpha value is -1.38. The maximum atomic E-state index is 12.3. The summed E-state index contributed by atoms with van der Waals surface area (Å²) < 4.78 is 35.1. The van der Waals surface area contributed by atoms with E-state index in [2.05, 4.69) is 25.8 Å². The molecule has 1 atom stereocenters. The number of nitrogens with one attached hydrogen (secondary N) is 1. The zero-order chi connectivity index (χ0) is 15.6. The molecule has 6 nitrogen and oxygen atoms in total. The van der Waals surface area contributed by atoms with Gasteiger partial charge in [0.2, 0.25) is 0 Å². The van der Waals surface area contributed by atoms with Crippen LogP contribution in [0.4, 0.5) is 5.69 Å². The highest BCUT2D eigenvalue weighted by Gasteiger charge is 2.18. The first-order valence-corrected chi connectivity index (χ1v) is 9.23. The third kappa shape index (κ3) is 3.68. The topological polar surface area (TPSA) is 73.2 Å². The summed E-state index contributed by atoms with van der Waals surface area (Å²) in [4.78, 5) is 0.203. The first-order chi connectivity index (χ1) is 10.5. The summed E-state index contributed by atoms with van der Waals surface area (Å²) in [6.07, 6.45) is 5.42. The van der Waals surface area contributed by atoms with E-state index in [1.165, 1.54) is 6.20 Å². The van der Waals surface area contributed by atoms with E-state index in [0.29, 0.717) is 16.7 Å². The fraction of sp³-hybridized carbons (Fsp3) is 0.357. The summed E-state index contributed by atoms with van der Waals surface area (Å²) in [5, 5.41) is 4.18. The third-order valence-electron chi connectivity index (χ3n) is 3.41. The minimum atomic E-state index is -3.61. The zero-order valence-electron chi connectivity index (χ0n) is 11.8. The van der Waals surface area contributed by atoms with E-state index < -0.39 is 10.0 Å². The van der Waals surface area contributed by atoms with Crippen molar-refractivity contribution in [2.75, 3.05) is 11.3 Å². The van der Waals surface area contributed by atoms with Gasteiger partial charge in [0.1, 0.15) is 0 Å². The van der Waals surface area contributed by atoms with Crippen molar-refractivity contribution >= 4 is 31.6 Å². The zero-order valence-corrected chi connectivity index (χ0v) is 14.2. The van der Waals surface area contributed by atoms with E-state index >= 15 is 0 Å². The molecular formula is C14H16BrN3O3S. The minimum absolute atomic E-state index is 0.162. The molecule has 0 spiro atoms. The van der Waals surface area contributed by atoms with Crippen molar-refractivity contribution in [1.82, 2.24) is 9.78 Å². The van der Waals surface area contributed by atoms with Crippen LogP contribution in [0, 0.1) is 0 Å². The van der Waals surface area contributed by atoms with Gasteiger partial charge in [-0.1, -0.05) is 22.0 Å². The number of anilines is 1. The van der Waals surface area contributed by atoms with Crippen molar-refractivity contribution in [2.45, 2.75) is 30.4 Å². The maximum Gasteiger partial charge on any atom is 0.262 e. The van der Waals surface area contributed by atoms with Gasteiger partial charge >= 0.3 is 0 Å². The van der Waals surface area contributed by atoms with Gasteiger partial charge in [-0.3, -0.25) is 9.40 Å². The summed E-state index contributed by atoms with van der Waals surface area (Å²) in [5.41, 5.74) is 0.443. The third-order valence-corrected chi connectivity index (χ3v) is 5.28. The monoisotopic (exact) mass is 385 g/mol. The number of ether oxygens (including phenoxy) is 1. The van der Waals surface area contributed by atoms with Crippen LogP contribution in [0.2, 0.25) is 0 Å². The number of halogens is 1. The molecule has 0 bridgehead atoms. The lowest BCUT2D eigenvalue weighted by atomic mass is 10.2. The number of hydrogen-bond acceptors (Lipinski definition) is 4. The summed E-state index contributed by atoms with van der Waals surface area (Å²) in [6, 6.07) is 6.56. The van der Waals surface area contributed by atoms with E-state index in [0.717, 1.165) is 19.4 Å². The van der Waals surface area contributed by atoms with Crippen molar-refractivity contribution in [2.24, 2.45) is 0 Å². The molecule has 1 aromatic heterocycles. The smallest absolute Gasteiger partial charge is 0.262 e. The van der Waals surface area contributed by atoms with E-state index in [9.17, 15) is 8.42 Å². The predicted molar refractivity (Wildman–Crippen MR) is 86.2 cm³/mol. The van der Waals surface area contributed by atoms with Gasteiger partial charge < -0.3 is 4.74 Å². The molecule has 1 aliphatic rings. The average molecular weight is 386 g/mol. The Morgan fingerprint density at radius 3 is 3.05 bits per heavy atom. The van der Waals surface area contributed by atoms with Crippen LogP contribution in [-0.4, -0.2) is 30.9 Å². The molecular weight excluding hydrogens is 370 g/mol. The number of aromatic nitrogens is 2. The number of benzene rings is 1.